The predicted octanol–water partition coefficient (Wildman–Crippen LogP) is 6.80. The molecule has 0 saturated heterocycles. The Bertz CT molecular complexity index is 1850. The molecule has 0 bridgehead atoms. The molecule has 0 aliphatic rings. The number of rotatable bonds is 7. The van der Waals surface area contributed by atoms with Crippen LogP contribution in [0.4, 0.5) is 5.69 Å². The molecule has 2 aromatic heterocycles. The van der Waals surface area contributed by atoms with E-state index >= 15 is 0 Å². The lowest BCUT2D eigenvalue weighted by Crippen LogP contribution is -2.20. The second-order valence-electron chi connectivity index (χ2n) is 8.63. The molecule has 0 spiro atoms. The molecule has 0 saturated carbocycles. The Morgan fingerprint density at radius 1 is 0.925 bits per heavy atom. The van der Waals surface area contributed by atoms with Crippen molar-refractivity contribution in [3.63, 3.8) is 0 Å². The minimum absolute atomic E-state index is 0.0474. The molecule has 1 N–H and O–H groups in total. The number of amides is 1. The molecule has 0 aliphatic heterocycles. The first kappa shape index (κ1) is 27.4. The van der Waals surface area contributed by atoms with E-state index in [1.54, 1.807) is 72.8 Å². The third kappa shape index (κ3) is 5.44. The first-order valence-electron chi connectivity index (χ1n) is 11.9. The lowest BCUT2D eigenvalue weighted by molar-refractivity contribution is -0.144. The van der Waals surface area contributed by atoms with Gasteiger partial charge in [-0.25, -0.2) is 13.4 Å². The standard InChI is InChI=1S/C29H20Cl2N2O6S/c1-17(34)38-16-25(35)32-27-23-15-22(18-11-13-19(30)14-12-18)26(21-9-5-6-10-24(21)31)33-28(23)39-29(27)40(36,37)20-7-3-2-4-8-20/h2-15H,16H2,1H3,(H,32,35). The van der Waals surface area contributed by atoms with Crippen LogP contribution in [0.25, 0.3) is 33.5 Å². The molecule has 5 aromatic rings. The van der Waals surface area contributed by atoms with Gasteiger partial charge in [0.15, 0.2) is 6.61 Å². The van der Waals surface area contributed by atoms with Gasteiger partial charge in [0.2, 0.25) is 20.6 Å². The van der Waals surface area contributed by atoms with Gasteiger partial charge in [-0.3, -0.25) is 9.59 Å². The Morgan fingerprint density at radius 2 is 1.60 bits per heavy atom. The van der Waals surface area contributed by atoms with Gasteiger partial charge in [-0.2, -0.15) is 0 Å². The highest BCUT2D eigenvalue weighted by Gasteiger charge is 2.31. The summed E-state index contributed by atoms with van der Waals surface area (Å²) in [7, 11) is -4.25. The van der Waals surface area contributed by atoms with Crippen LogP contribution in [0.15, 0.2) is 99.3 Å². The van der Waals surface area contributed by atoms with E-state index < -0.39 is 33.4 Å². The maximum Gasteiger partial charge on any atom is 0.303 e. The summed E-state index contributed by atoms with van der Waals surface area (Å²) in [5, 5.41) is 3.19. The number of anilines is 1. The first-order valence-corrected chi connectivity index (χ1v) is 14.1. The third-order valence-electron chi connectivity index (χ3n) is 5.90. The Hall–Kier alpha value is -4.18. The number of hydrogen-bond donors (Lipinski definition) is 1. The monoisotopic (exact) mass is 594 g/mol. The Kier molecular flexibility index (Phi) is 7.62. The van der Waals surface area contributed by atoms with Crippen LogP contribution in [0, 0.1) is 0 Å². The number of hydrogen-bond acceptors (Lipinski definition) is 7. The van der Waals surface area contributed by atoms with E-state index in [0.717, 1.165) is 6.92 Å². The van der Waals surface area contributed by atoms with Gasteiger partial charge in [-0.05, 0) is 42.0 Å². The summed E-state index contributed by atoms with van der Waals surface area (Å²) in [6.45, 7) is 0.534. The zero-order valence-corrected chi connectivity index (χ0v) is 23.2. The van der Waals surface area contributed by atoms with Crippen molar-refractivity contribution >= 4 is 61.7 Å². The molecule has 0 aliphatic carbocycles. The number of pyridine rings is 1. The van der Waals surface area contributed by atoms with Crippen LogP contribution in [-0.4, -0.2) is 31.9 Å². The van der Waals surface area contributed by atoms with Gasteiger partial charge in [-0.15, -0.1) is 0 Å². The topological polar surface area (TPSA) is 116 Å². The molecule has 2 heterocycles. The highest BCUT2D eigenvalue weighted by molar-refractivity contribution is 7.91. The number of nitrogens with one attached hydrogen (secondary N) is 1. The van der Waals surface area contributed by atoms with Crippen LogP contribution in [0.1, 0.15) is 6.92 Å². The number of esters is 1. The molecular formula is C29H20Cl2N2O6S. The number of sulfone groups is 1. The smallest absolute Gasteiger partial charge is 0.303 e. The Labute approximate surface area is 239 Å². The lowest BCUT2D eigenvalue weighted by Gasteiger charge is -2.12. The second-order valence-corrected chi connectivity index (χ2v) is 11.3. The molecule has 0 radical (unpaired) electrons. The van der Waals surface area contributed by atoms with Gasteiger partial charge >= 0.3 is 5.97 Å². The van der Waals surface area contributed by atoms with Crippen LogP contribution in [-0.2, 0) is 24.2 Å². The average molecular weight is 595 g/mol. The highest BCUT2D eigenvalue weighted by atomic mass is 35.5. The van der Waals surface area contributed by atoms with Crippen molar-refractivity contribution in [2.24, 2.45) is 0 Å². The van der Waals surface area contributed by atoms with Crippen molar-refractivity contribution < 1.29 is 27.2 Å². The average Bonchev–Trinajstić information content (AvgIpc) is 3.30. The molecular weight excluding hydrogens is 575 g/mol. The number of halogens is 2. The highest BCUT2D eigenvalue weighted by Crippen LogP contribution is 2.42. The molecule has 40 heavy (non-hydrogen) atoms. The number of nitrogens with zero attached hydrogens (tertiary/aromatic N) is 1. The number of carbonyl (C=O) groups is 2. The number of ether oxygens (including phenoxy) is 1. The Balaban J connectivity index is 1.79. The zero-order chi connectivity index (χ0) is 28.4. The maximum absolute atomic E-state index is 13.7. The molecule has 3 aromatic carbocycles. The van der Waals surface area contributed by atoms with Gasteiger partial charge in [0.05, 0.1) is 16.0 Å². The van der Waals surface area contributed by atoms with Gasteiger partial charge < -0.3 is 14.5 Å². The molecule has 11 heteroatoms. The van der Waals surface area contributed by atoms with Crippen LogP contribution in [0.3, 0.4) is 0 Å². The SMILES string of the molecule is CC(=O)OCC(=O)Nc1c(S(=O)(=O)c2ccccc2)oc2nc(-c3ccccc3Cl)c(-c3ccc(Cl)cc3)cc12. The van der Waals surface area contributed by atoms with Gasteiger partial charge in [0, 0.05) is 28.1 Å². The summed E-state index contributed by atoms with van der Waals surface area (Å²) in [6.07, 6.45) is 0. The third-order valence-corrected chi connectivity index (χ3v) is 8.15. The predicted molar refractivity (Wildman–Crippen MR) is 152 cm³/mol. The van der Waals surface area contributed by atoms with E-state index in [2.05, 4.69) is 10.3 Å². The van der Waals surface area contributed by atoms with E-state index in [-0.39, 0.29) is 21.7 Å². The number of carbonyl (C=O) groups excluding carboxylic acids is 2. The van der Waals surface area contributed by atoms with E-state index in [9.17, 15) is 18.0 Å². The second kappa shape index (κ2) is 11.1. The fourth-order valence-corrected chi connectivity index (χ4v) is 5.77. The summed E-state index contributed by atoms with van der Waals surface area (Å²) in [4.78, 5) is 28.6. The molecule has 1 amide bonds. The quantitative estimate of drug-likeness (QED) is 0.206. The molecule has 0 atom stereocenters. The zero-order valence-electron chi connectivity index (χ0n) is 20.9. The van der Waals surface area contributed by atoms with E-state index in [1.807, 2.05) is 0 Å². The summed E-state index contributed by atoms with van der Waals surface area (Å²) < 4.78 is 38.0. The molecule has 0 fully saturated rings. The molecule has 8 nitrogen and oxygen atoms in total. The van der Waals surface area contributed by atoms with Crippen molar-refractivity contribution in [2.75, 3.05) is 11.9 Å². The van der Waals surface area contributed by atoms with Crippen molar-refractivity contribution in [1.29, 1.82) is 0 Å². The fraction of sp³-hybridized carbons (Fsp3) is 0.0690. The van der Waals surface area contributed by atoms with Gasteiger partial charge in [-0.1, -0.05) is 71.7 Å². The molecule has 5 rings (SSSR count). The molecule has 202 valence electrons. The van der Waals surface area contributed by atoms with Crippen molar-refractivity contribution in [3.05, 3.63) is 95.0 Å². The molecule has 0 unspecified atom stereocenters. The van der Waals surface area contributed by atoms with E-state index in [0.29, 0.717) is 32.4 Å². The first-order chi connectivity index (χ1) is 19.1. The lowest BCUT2D eigenvalue weighted by atomic mass is 9.98. The van der Waals surface area contributed by atoms with Crippen LogP contribution in [0.5, 0.6) is 0 Å². The fourth-order valence-electron chi connectivity index (χ4n) is 4.07. The normalized spacial score (nSPS) is 11.4. The van der Waals surface area contributed by atoms with E-state index in [4.69, 9.17) is 32.4 Å². The largest absolute Gasteiger partial charge is 0.456 e. The van der Waals surface area contributed by atoms with E-state index in [1.165, 1.54) is 12.1 Å². The number of fused-ring (bicyclic) bond motifs is 1. The summed E-state index contributed by atoms with van der Waals surface area (Å²) >= 11 is 12.6. The number of furan rings is 1. The van der Waals surface area contributed by atoms with Crippen molar-refractivity contribution in [1.82, 2.24) is 4.98 Å². The minimum atomic E-state index is -4.25. The van der Waals surface area contributed by atoms with Crippen molar-refractivity contribution in [3.8, 4) is 22.4 Å². The van der Waals surface area contributed by atoms with Crippen LogP contribution < -0.4 is 5.32 Å². The summed E-state index contributed by atoms with van der Waals surface area (Å²) in [5.41, 5.74) is 2.11. The van der Waals surface area contributed by atoms with Crippen LogP contribution >= 0.6 is 23.2 Å². The minimum Gasteiger partial charge on any atom is -0.456 e. The van der Waals surface area contributed by atoms with Gasteiger partial charge in [0.25, 0.3) is 5.91 Å². The number of benzene rings is 3. The Morgan fingerprint density at radius 3 is 2.27 bits per heavy atom. The summed E-state index contributed by atoms with van der Waals surface area (Å²) in [6, 6.07) is 23.4. The van der Waals surface area contributed by atoms with Crippen LogP contribution in [0.2, 0.25) is 10.0 Å². The van der Waals surface area contributed by atoms with Gasteiger partial charge in [0.1, 0.15) is 5.69 Å². The summed E-state index contributed by atoms with van der Waals surface area (Å²) in [5.74, 6) is -1.42. The van der Waals surface area contributed by atoms with Crippen molar-refractivity contribution in [2.45, 2.75) is 16.9 Å². The maximum atomic E-state index is 13.7. The number of aromatic nitrogens is 1.